The number of aryl methyl sites for hydroxylation is 3. The van der Waals surface area contributed by atoms with E-state index in [0.717, 1.165) is 10.6 Å². The van der Waals surface area contributed by atoms with Gasteiger partial charge in [0.15, 0.2) is 0 Å². The number of amides is 1. The Balaban J connectivity index is 1.79. The molecule has 0 atom stereocenters. The predicted molar refractivity (Wildman–Crippen MR) is 113 cm³/mol. The highest BCUT2D eigenvalue weighted by Gasteiger charge is 2.16. The number of anilines is 1. The molecule has 0 saturated carbocycles. The molecule has 0 fully saturated rings. The Morgan fingerprint density at radius 1 is 0.963 bits per heavy atom. The van der Waals surface area contributed by atoms with Gasteiger partial charge in [-0.3, -0.25) is 10.1 Å². The lowest BCUT2D eigenvalue weighted by molar-refractivity contribution is 0.102. The van der Waals surface area contributed by atoms with Crippen molar-refractivity contribution in [3.05, 3.63) is 64.2 Å². The largest absolute Gasteiger partial charge is 0.296 e. The van der Waals surface area contributed by atoms with Gasteiger partial charge < -0.3 is 0 Å². The normalized spacial score (nSPS) is 11.5. The van der Waals surface area contributed by atoms with Gasteiger partial charge in [0.2, 0.25) is 5.13 Å². The van der Waals surface area contributed by atoms with Crippen molar-refractivity contribution in [3.8, 4) is 10.6 Å². The molecule has 1 heterocycles. The SMILES string of the molecule is Cc1cc(C)c(-c2nnc(NC(=O)c3ccc(C(C)(C)C)cc3)s2)c(C)c1. The average molecular weight is 380 g/mol. The number of aromatic nitrogens is 2. The van der Waals surface area contributed by atoms with E-state index in [0.29, 0.717) is 10.7 Å². The second kappa shape index (κ2) is 7.24. The van der Waals surface area contributed by atoms with Gasteiger partial charge in [0, 0.05) is 11.1 Å². The van der Waals surface area contributed by atoms with Gasteiger partial charge in [-0.2, -0.15) is 0 Å². The van der Waals surface area contributed by atoms with E-state index in [9.17, 15) is 4.79 Å². The van der Waals surface area contributed by atoms with Crippen molar-refractivity contribution in [2.75, 3.05) is 5.32 Å². The van der Waals surface area contributed by atoms with Crippen LogP contribution in [0.4, 0.5) is 5.13 Å². The lowest BCUT2D eigenvalue weighted by Crippen LogP contribution is -2.14. The van der Waals surface area contributed by atoms with Crippen molar-refractivity contribution in [3.63, 3.8) is 0 Å². The van der Waals surface area contributed by atoms with Crippen LogP contribution in [-0.4, -0.2) is 16.1 Å². The van der Waals surface area contributed by atoms with Crippen molar-refractivity contribution >= 4 is 22.4 Å². The molecule has 0 spiro atoms. The molecule has 0 radical (unpaired) electrons. The van der Waals surface area contributed by atoms with Crippen molar-refractivity contribution in [1.29, 1.82) is 0 Å². The topological polar surface area (TPSA) is 54.9 Å². The molecule has 0 aliphatic carbocycles. The van der Waals surface area contributed by atoms with E-state index in [1.165, 1.54) is 33.6 Å². The quantitative estimate of drug-likeness (QED) is 0.637. The van der Waals surface area contributed by atoms with Gasteiger partial charge in [-0.25, -0.2) is 0 Å². The number of hydrogen-bond donors (Lipinski definition) is 1. The lowest BCUT2D eigenvalue weighted by atomic mass is 9.87. The number of nitrogens with one attached hydrogen (secondary N) is 1. The molecule has 3 rings (SSSR count). The highest BCUT2D eigenvalue weighted by molar-refractivity contribution is 7.18. The van der Waals surface area contributed by atoms with E-state index in [1.807, 2.05) is 24.3 Å². The van der Waals surface area contributed by atoms with Gasteiger partial charge in [0.05, 0.1) is 0 Å². The van der Waals surface area contributed by atoms with E-state index in [4.69, 9.17) is 0 Å². The summed E-state index contributed by atoms with van der Waals surface area (Å²) in [5, 5.41) is 12.6. The summed E-state index contributed by atoms with van der Waals surface area (Å²) >= 11 is 1.40. The molecule has 0 aliphatic heterocycles. The smallest absolute Gasteiger partial charge is 0.257 e. The fraction of sp³-hybridized carbons (Fsp3) is 0.318. The first kappa shape index (κ1) is 19.2. The minimum absolute atomic E-state index is 0.0624. The number of hydrogen-bond acceptors (Lipinski definition) is 4. The van der Waals surface area contributed by atoms with Gasteiger partial charge in [0.1, 0.15) is 5.01 Å². The zero-order valence-electron chi connectivity index (χ0n) is 16.7. The zero-order chi connectivity index (χ0) is 19.8. The maximum absolute atomic E-state index is 12.5. The molecular weight excluding hydrogens is 354 g/mol. The van der Waals surface area contributed by atoms with Crippen LogP contribution in [0.1, 0.15) is 53.4 Å². The predicted octanol–water partition coefficient (Wildman–Crippen LogP) is 5.68. The van der Waals surface area contributed by atoms with Crippen LogP contribution in [0.15, 0.2) is 36.4 Å². The molecule has 1 amide bonds. The number of benzene rings is 2. The Hall–Kier alpha value is -2.53. The highest BCUT2D eigenvalue weighted by Crippen LogP contribution is 2.32. The van der Waals surface area contributed by atoms with E-state index >= 15 is 0 Å². The van der Waals surface area contributed by atoms with E-state index in [2.05, 4.69) is 69.2 Å². The molecule has 0 aliphatic rings. The molecule has 27 heavy (non-hydrogen) atoms. The molecule has 1 N–H and O–H groups in total. The third-order valence-electron chi connectivity index (χ3n) is 4.55. The summed E-state index contributed by atoms with van der Waals surface area (Å²) in [6, 6.07) is 12.0. The van der Waals surface area contributed by atoms with E-state index < -0.39 is 0 Å². The van der Waals surface area contributed by atoms with Crippen molar-refractivity contribution in [2.24, 2.45) is 0 Å². The van der Waals surface area contributed by atoms with Crippen LogP contribution < -0.4 is 5.32 Å². The summed E-state index contributed by atoms with van der Waals surface area (Å²) in [5.74, 6) is -0.171. The van der Waals surface area contributed by atoms with Gasteiger partial charge in [0.25, 0.3) is 5.91 Å². The summed E-state index contributed by atoms with van der Waals surface area (Å²) in [7, 11) is 0. The van der Waals surface area contributed by atoms with Crippen molar-refractivity contribution in [1.82, 2.24) is 10.2 Å². The molecule has 2 aromatic carbocycles. The second-order valence-corrected chi connectivity index (χ2v) is 8.95. The van der Waals surface area contributed by atoms with Crippen LogP contribution in [0.3, 0.4) is 0 Å². The Kier molecular flexibility index (Phi) is 5.16. The standard InChI is InChI=1S/C22H25N3OS/c1-13-11-14(2)18(15(3)12-13)20-24-25-21(27-20)23-19(26)16-7-9-17(10-8-16)22(4,5)6/h7-12H,1-6H3,(H,23,25,26). The van der Waals surface area contributed by atoms with Crippen LogP contribution in [0.25, 0.3) is 10.6 Å². The first-order chi connectivity index (χ1) is 12.6. The minimum Gasteiger partial charge on any atom is -0.296 e. The van der Waals surface area contributed by atoms with Crippen LogP contribution in [-0.2, 0) is 5.41 Å². The van der Waals surface area contributed by atoms with Gasteiger partial charge in [-0.05, 0) is 55.0 Å². The first-order valence-corrected chi connectivity index (χ1v) is 9.80. The number of carbonyl (C=O) groups excluding carboxylic acids is 1. The molecular formula is C22H25N3OS. The van der Waals surface area contributed by atoms with Crippen molar-refractivity contribution < 1.29 is 4.79 Å². The molecule has 0 unspecified atom stereocenters. The zero-order valence-corrected chi connectivity index (χ0v) is 17.5. The van der Waals surface area contributed by atoms with Crippen LogP contribution >= 0.6 is 11.3 Å². The fourth-order valence-electron chi connectivity index (χ4n) is 3.18. The Morgan fingerprint density at radius 3 is 2.11 bits per heavy atom. The summed E-state index contributed by atoms with van der Waals surface area (Å²) in [6.45, 7) is 12.7. The Morgan fingerprint density at radius 2 is 1.56 bits per heavy atom. The van der Waals surface area contributed by atoms with Gasteiger partial charge in [-0.15, -0.1) is 10.2 Å². The third kappa shape index (κ3) is 4.25. The molecule has 1 aromatic heterocycles. The molecule has 0 bridgehead atoms. The first-order valence-electron chi connectivity index (χ1n) is 8.99. The molecule has 0 saturated heterocycles. The third-order valence-corrected chi connectivity index (χ3v) is 5.41. The summed E-state index contributed by atoms with van der Waals surface area (Å²) in [6.07, 6.45) is 0. The van der Waals surface area contributed by atoms with E-state index in [-0.39, 0.29) is 11.3 Å². The Bertz CT molecular complexity index is 959. The van der Waals surface area contributed by atoms with E-state index in [1.54, 1.807) is 0 Å². The van der Waals surface area contributed by atoms with Crippen LogP contribution in [0.2, 0.25) is 0 Å². The van der Waals surface area contributed by atoms with Crippen LogP contribution in [0, 0.1) is 20.8 Å². The maximum atomic E-state index is 12.5. The summed E-state index contributed by atoms with van der Waals surface area (Å²) in [4.78, 5) is 12.5. The van der Waals surface area contributed by atoms with Gasteiger partial charge in [-0.1, -0.05) is 61.9 Å². The summed E-state index contributed by atoms with van der Waals surface area (Å²) < 4.78 is 0. The molecule has 3 aromatic rings. The Labute approximate surface area is 164 Å². The molecule has 5 heteroatoms. The van der Waals surface area contributed by atoms with Crippen molar-refractivity contribution in [2.45, 2.75) is 47.0 Å². The maximum Gasteiger partial charge on any atom is 0.257 e. The second-order valence-electron chi connectivity index (χ2n) is 7.97. The lowest BCUT2D eigenvalue weighted by Gasteiger charge is -2.18. The number of carbonyl (C=O) groups is 1. The fourth-order valence-corrected chi connectivity index (χ4v) is 4.10. The van der Waals surface area contributed by atoms with Gasteiger partial charge >= 0.3 is 0 Å². The minimum atomic E-state index is -0.171. The molecule has 140 valence electrons. The monoisotopic (exact) mass is 379 g/mol. The number of nitrogens with zero attached hydrogens (tertiary/aromatic N) is 2. The average Bonchev–Trinajstić information content (AvgIpc) is 3.01. The number of rotatable bonds is 3. The van der Waals surface area contributed by atoms with Crippen LogP contribution in [0.5, 0.6) is 0 Å². The highest BCUT2D eigenvalue weighted by atomic mass is 32.1. The summed E-state index contributed by atoms with van der Waals surface area (Å²) in [5.41, 5.74) is 6.52. The molecule has 4 nitrogen and oxygen atoms in total.